The maximum atomic E-state index is 11.2. The summed E-state index contributed by atoms with van der Waals surface area (Å²) in [7, 11) is 1.28. The molecule has 0 saturated carbocycles. The van der Waals surface area contributed by atoms with Gasteiger partial charge in [-0.2, -0.15) is 5.26 Å². The first-order valence-electron chi connectivity index (χ1n) is 3.88. The number of rotatable bonds is 1. The highest BCUT2D eigenvalue weighted by Crippen LogP contribution is 2.21. The molecule has 14 heavy (non-hydrogen) atoms. The quantitative estimate of drug-likeness (QED) is 0.667. The second kappa shape index (κ2) is 4.12. The van der Waals surface area contributed by atoms with Crippen LogP contribution in [0, 0.1) is 18.3 Å². The van der Waals surface area contributed by atoms with E-state index in [9.17, 15) is 4.79 Å². The fourth-order valence-electron chi connectivity index (χ4n) is 1.07. The van der Waals surface area contributed by atoms with Crippen molar-refractivity contribution in [2.45, 2.75) is 6.92 Å². The molecule has 0 atom stereocenters. The van der Waals surface area contributed by atoms with Crippen molar-refractivity contribution >= 4 is 17.6 Å². The average molecular weight is 210 g/mol. The van der Waals surface area contributed by atoms with Crippen LogP contribution in [0.1, 0.15) is 21.5 Å². The number of methoxy groups -OCH3 is 1. The molecule has 0 amide bonds. The molecule has 0 heterocycles. The minimum Gasteiger partial charge on any atom is -0.465 e. The molecule has 0 radical (unpaired) electrons. The van der Waals surface area contributed by atoms with Gasteiger partial charge in [-0.05, 0) is 24.6 Å². The second-order valence-electron chi connectivity index (χ2n) is 2.75. The van der Waals surface area contributed by atoms with Gasteiger partial charge >= 0.3 is 5.97 Å². The lowest BCUT2D eigenvalue weighted by Gasteiger charge is -2.04. The molecule has 0 aromatic heterocycles. The average Bonchev–Trinajstić information content (AvgIpc) is 2.19. The molecule has 1 aromatic carbocycles. The van der Waals surface area contributed by atoms with E-state index in [2.05, 4.69) is 4.74 Å². The molecule has 3 nitrogen and oxygen atoms in total. The summed E-state index contributed by atoms with van der Waals surface area (Å²) >= 11 is 5.80. The number of hydrogen-bond acceptors (Lipinski definition) is 3. The van der Waals surface area contributed by atoms with E-state index in [4.69, 9.17) is 16.9 Å². The molecule has 0 fully saturated rings. The summed E-state index contributed by atoms with van der Waals surface area (Å²) in [5.41, 5.74) is 1.45. The van der Waals surface area contributed by atoms with Gasteiger partial charge in [0, 0.05) is 0 Å². The number of carbonyl (C=O) groups excluding carboxylic acids is 1. The molecule has 0 spiro atoms. The first kappa shape index (κ1) is 10.6. The number of carbonyl (C=O) groups is 1. The Morgan fingerprint density at radius 1 is 1.57 bits per heavy atom. The summed E-state index contributed by atoms with van der Waals surface area (Å²) in [6, 6.07) is 4.99. The van der Waals surface area contributed by atoms with Gasteiger partial charge in [-0.1, -0.05) is 11.6 Å². The summed E-state index contributed by atoms with van der Waals surface area (Å²) in [5.74, 6) is -0.498. The number of halogens is 1. The first-order chi connectivity index (χ1) is 6.60. The van der Waals surface area contributed by atoms with Crippen molar-refractivity contribution in [2.75, 3.05) is 7.11 Å². The monoisotopic (exact) mass is 209 g/mol. The van der Waals surface area contributed by atoms with Crippen molar-refractivity contribution in [3.8, 4) is 6.07 Å². The van der Waals surface area contributed by atoms with Gasteiger partial charge in [-0.25, -0.2) is 4.79 Å². The molecule has 0 unspecified atom stereocenters. The maximum absolute atomic E-state index is 11.2. The fraction of sp³-hybridized carbons (Fsp3) is 0.200. The number of esters is 1. The lowest BCUT2D eigenvalue weighted by molar-refractivity contribution is 0.0601. The number of nitrogens with zero attached hydrogens (tertiary/aromatic N) is 1. The van der Waals surface area contributed by atoms with E-state index in [1.54, 1.807) is 13.0 Å². The highest BCUT2D eigenvalue weighted by molar-refractivity contribution is 6.33. The molecule has 72 valence electrons. The van der Waals surface area contributed by atoms with Crippen LogP contribution in [0.3, 0.4) is 0 Å². The van der Waals surface area contributed by atoms with Gasteiger partial charge in [0.05, 0.1) is 29.3 Å². The molecule has 0 N–H and O–H groups in total. The zero-order chi connectivity index (χ0) is 10.7. The van der Waals surface area contributed by atoms with Gasteiger partial charge in [-0.15, -0.1) is 0 Å². The third kappa shape index (κ3) is 1.86. The highest BCUT2D eigenvalue weighted by atomic mass is 35.5. The van der Waals surface area contributed by atoms with Gasteiger partial charge in [0.2, 0.25) is 0 Å². The third-order valence-corrected chi connectivity index (χ3v) is 2.15. The molecule has 0 aliphatic carbocycles. The molecule has 0 bridgehead atoms. The zero-order valence-electron chi connectivity index (χ0n) is 7.80. The Labute approximate surface area is 86.9 Å². The van der Waals surface area contributed by atoms with Crippen molar-refractivity contribution in [1.82, 2.24) is 0 Å². The van der Waals surface area contributed by atoms with Crippen LogP contribution >= 0.6 is 11.6 Å². The second-order valence-corrected chi connectivity index (χ2v) is 3.16. The SMILES string of the molecule is COC(=O)c1cc(C)c(C#N)cc1Cl. The summed E-state index contributed by atoms with van der Waals surface area (Å²) < 4.78 is 4.54. The van der Waals surface area contributed by atoms with E-state index < -0.39 is 5.97 Å². The summed E-state index contributed by atoms with van der Waals surface area (Å²) in [6.07, 6.45) is 0. The minimum atomic E-state index is -0.498. The van der Waals surface area contributed by atoms with E-state index in [1.807, 2.05) is 6.07 Å². The summed E-state index contributed by atoms with van der Waals surface area (Å²) in [4.78, 5) is 11.2. The zero-order valence-corrected chi connectivity index (χ0v) is 8.55. The molecule has 4 heteroatoms. The first-order valence-corrected chi connectivity index (χ1v) is 4.26. The van der Waals surface area contributed by atoms with E-state index in [1.165, 1.54) is 13.2 Å². The van der Waals surface area contributed by atoms with Crippen molar-refractivity contribution in [1.29, 1.82) is 5.26 Å². The molecular weight excluding hydrogens is 202 g/mol. The predicted molar refractivity (Wildman–Crippen MR) is 52.2 cm³/mol. The Morgan fingerprint density at radius 2 is 2.21 bits per heavy atom. The van der Waals surface area contributed by atoms with Gasteiger partial charge in [0.15, 0.2) is 0 Å². The normalized spacial score (nSPS) is 9.29. The van der Waals surface area contributed by atoms with Crippen molar-refractivity contribution in [3.05, 3.63) is 33.8 Å². The Morgan fingerprint density at radius 3 is 2.71 bits per heavy atom. The lowest BCUT2D eigenvalue weighted by Crippen LogP contribution is -2.03. The Bertz CT molecular complexity index is 421. The Kier molecular flexibility index (Phi) is 3.10. The Balaban J connectivity index is 3.30. The molecule has 0 aliphatic rings. The van der Waals surface area contributed by atoms with E-state index in [-0.39, 0.29) is 10.6 Å². The van der Waals surface area contributed by atoms with Gasteiger partial charge in [0.1, 0.15) is 0 Å². The molecule has 0 aliphatic heterocycles. The smallest absolute Gasteiger partial charge is 0.339 e. The lowest BCUT2D eigenvalue weighted by atomic mass is 10.1. The predicted octanol–water partition coefficient (Wildman–Crippen LogP) is 2.31. The number of aryl methyl sites for hydroxylation is 1. The molecule has 0 saturated heterocycles. The van der Waals surface area contributed by atoms with Crippen molar-refractivity contribution in [3.63, 3.8) is 0 Å². The van der Waals surface area contributed by atoms with Crippen LogP contribution in [0.25, 0.3) is 0 Å². The molecular formula is C10H8ClNO2. The number of hydrogen-bond donors (Lipinski definition) is 0. The van der Waals surface area contributed by atoms with Gasteiger partial charge < -0.3 is 4.74 Å². The van der Waals surface area contributed by atoms with Gasteiger partial charge in [0.25, 0.3) is 0 Å². The minimum absolute atomic E-state index is 0.235. The van der Waals surface area contributed by atoms with E-state index in [0.29, 0.717) is 11.1 Å². The highest BCUT2D eigenvalue weighted by Gasteiger charge is 2.12. The number of ether oxygens (including phenoxy) is 1. The largest absolute Gasteiger partial charge is 0.465 e. The number of benzene rings is 1. The van der Waals surface area contributed by atoms with Crippen LogP contribution in [0.4, 0.5) is 0 Å². The van der Waals surface area contributed by atoms with Gasteiger partial charge in [-0.3, -0.25) is 0 Å². The summed E-state index contributed by atoms with van der Waals surface area (Å²) in [6.45, 7) is 1.74. The summed E-state index contributed by atoms with van der Waals surface area (Å²) in [5, 5.41) is 8.94. The van der Waals surface area contributed by atoms with Crippen LogP contribution in [0.15, 0.2) is 12.1 Å². The Hall–Kier alpha value is -1.53. The fourth-order valence-corrected chi connectivity index (χ4v) is 1.31. The third-order valence-electron chi connectivity index (χ3n) is 1.84. The van der Waals surface area contributed by atoms with Crippen LogP contribution in [0.2, 0.25) is 5.02 Å². The van der Waals surface area contributed by atoms with Crippen LogP contribution in [-0.4, -0.2) is 13.1 Å². The maximum Gasteiger partial charge on any atom is 0.339 e. The van der Waals surface area contributed by atoms with E-state index in [0.717, 1.165) is 0 Å². The number of nitriles is 1. The standard InChI is InChI=1S/C10H8ClNO2/c1-6-3-8(10(13)14-2)9(11)4-7(6)5-12/h3-4H,1-2H3. The molecule has 1 aromatic rings. The van der Waals surface area contributed by atoms with E-state index >= 15 is 0 Å². The van der Waals surface area contributed by atoms with Crippen LogP contribution in [0.5, 0.6) is 0 Å². The molecule has 1 rings (SSSR count). The van der Waals surface area contributed by atoms with Crippen LogP contribution < -0.4 is 0 Å². The van der Waals surface area contributed by atoms with Crippen molar-refractivity contribution < 1.29 is 9.53 Å². The van der Waals surface area contributed by atoms with Crippen molar-refractivity contribution in [2.24, 2.45) is 0 Å². The topological polar surface area (TPSA) is 50.1 Å². The van der Waals surface area contributed by atoms with Crippen LogP contribution in [-0.2, 0) is 4.74 Å².